The molecule has 0 N–H and O–H groups in total. The summed E-state index contributed by atoms with van der Waals surface area (Å²) in [5.41, 5.74) is 3.38. The molecule has 5 heteroatoms. The molecule has 1 aliphatic heterocycles. The van der Waals surface area contributed by atoms with Crippen molar-refractivity contribution in [3.05, 3.63) is 83.8 Å². The lowest BCUT2D eigenvalue weighted by molar-refractivity contribution is 0.0611. The smallest absolute Gasteiger partial charge is 0.254 e. The maximum absolute atomic E-state index is 13.2. The second-order valence-electron chi connectivity index (χ2n) is 7.23. The van der Waals surface area contributed by atoms with Crippen molar-refractivity contribution in [2.45, 2.75) is 25.3 Å². The van der Waals surface area contributed by atoms with Crippen LogP contribution < -0.4 is 4.74 Å². The number of halogens is 1. The van der Waals surface area contributed by atoms with Crippen LogP contribution in [0.3, 0.4) is 0 Å². The summed E-state index contributed by atoms with van der Waals surface area (Å²) in [4.78, 5) is 19.5. The standard InChI is InChI=1S/C24H23FN2O2/c1-29-21-6-4-5-18(15-21)22-13-10-19(16-26-22)23-7-2-3-14-27(23)24(28)17-8-11-20(25)12-9-17/h4-6,8-13,15-16,23H,2-3,7,14H2,1H3/t23-/m0/s1. The van der Waals surface area contributed by atoms with Crippen LogP contribution in [-0.4, -0.2) is 29.4 Å². The van der Waals surface area contributed by atoms with E-state index in [1.807, 2.05) is 47.5 Å². The molecule has 1 aromatic heterocycles. The number of benzene rings is 2. The van der Waals surface area contributed by atoms with E-state index >= 15 is 0 Å². The summed E-state index contributed by atoms with van der Waals surface area (Å²) < 4.78 is 18.5. The molecule has 1 saturated heterocycles. The number of nitrogens with zero attached hydrogens (tertiary/aromatic N) is 2. The summed E-state index contributed by atoms with van der Waals surface area (Å²) in [7, 11) is 1.64. The first kappa shape index (κ1) is 19.1. The van der Waals surface area contributed by atoms with Crippen LogP contribution in [0.1, 0.15) is 41.2 Å². The van der Waals surface area contributed by atoms with Gasteiger partial charge < -0.3 is 9.64 Å². The minimum Gasteiger partial charge on any atom is -0.497 e. The van der Waals surface area contributed by atoms with E-state index < -0.39 is 0 Å². The fourth-order valence-electron chi connectivity index (χ4n) is 3.84. The highest BCUT2D eigenvalue weighted by atomic mass is 19.1. The van der Waals surface area contributed by atoms with Gasteiger partial charge in [0.25, 0.3) is 5.91 Å². The van der Waals surface area contributed by atoms with E-state index in [4.69, 9.17) is 4.74 Å². The van der Waals surface area contributed by atoms with E-state index in [9.17, 15) is 9.18 Å². The number of hydrogen-bond acceptors (Lipinski definition) is 3. The first-order chi connectivity index (χ1) is 14.2. The lowest BCUT2D eigenvalue weighted by Crippen LogP contribution is -2.38. The highest BCUT2D eigenvalue weighted by molar-refractivity contribution is 5.94. The van der Waals surface area contributed by atoms with Crippen LogP contribution >= 0.6 is 0 Å². The number of ether oxygens (including phenoxy) is 1. The third kappa shape index (κ3) is 4.14. The number of rotatable bonds is 4. The maximum atomic E-state index is 13.2. The fourth-order valence-corrected chi connectivity index (χ4v) is 3.84. The van der Waals surface area contributed by atoms with Gasteiger partial charge in [-0.05, 0) is 67.3 Å². The molecular weight excluding hydrogens is 367 g/mol. The average Bonchev–Trinajstić information content (AvgIpc) is 2.79. The predicted octanol–water partition coefficient (Wildman–Crippen LogP) is 5.26. The predicted molar refractivity (Wildman–Crippen MR) is 110 cm³/mol. The van der Waals surface area contributed by atoms with Crippen LogP contribution in [0.5, 0.6) is 5.75 Å². The normalized spacial score (nSPS) is 16.5. The number of aromatic nitrogens is 1. The van der Waals surface area contributed by atoms with E-state index in [1.165, 1.54) is 12.1 Å². The highest BCUT2D eigenvalue weighted by Crippen LogP contribution is 2.33. The Balaban J connectivity index is 1.58. The van der Waals surface area contributed by atoms with Crippen LogP contribution in [0, 0.1) is 5.82 Å². The molecule has 2 heterocycles. The quantitative estimate of drug-likeness (QED) is 0.610. The van der Waals surface area contributed by atoms with Crippen LogP contribution in [0.25, 0.3) is 11.3 Å². The molecule has 1 atom stereocenters. The number of carbonyl (C=O) groups excluding carboxylic acids is 1. The molecule has 29 heavy (non-hydrogen) atoms. The Hall–Kier alpha value is -3.21. The van der Waals surface area contributed by atoms with Gasteiger partial charge in [-0.1, -0.05) is 18.2 Å². The van der Waals surface area contributed by atoms with Crippen molar-refractivity contribution in [1.29, 1.82) is 0 Å². The van der Waals surface area contributed by atoms with Gasteiger partial charge in [0.05, 0.1) is 18.8 Å². The molecule has 1 aliphatic rings. The van der Waals surface area contributed by atoms with E-state index in [1.54, 1.807) is 19.2 Å². The Labute approximate surface area is 170 Å². The largest absolute Gasteiger partial charge is 0.497 e. The number of amides is 1. The fraction of sp³-hybridized carbons (Fsp3) is 0.250. The molecule has 0 saturated carbocycles. The van der Waals surface area contributed by atoms with Gasteiger partial charge in [-0.25, -0.2) is 4.39 Å². The van der Waals surface area contributed by atoms with Crippen LogP contribution in [0.2, 0.25) is 0 Å². The molecule has 4 nitrogen and oxygen atoms in total. The second-order valence-corrected chi connectivity index (χ2v) is 7.23. The lowest BCUT2D eigenvalue weighted by Gasteiger charge is -2.36. The van der Waals surface area contributed by atoms with E-state index in [2.05, 4.69) is 4.98 Å². The first-order valence-corrected chi connectivity index (χ1v) is 9.82. The van der Waals surface area contributed by atoms with E-state index in [0.717, 1.165) is 41.8 Å². The zero-order valence-electron chi connectivity index (χ0n) is 16.3. The Bertz CT molecular complexity index is 987. The molecule has 1 fully saturated rings. The van der Waals surface area contributed by atoms with Crippen LogP contribution in [0.15, 0.2) is 66.9 Å². The number of methoxy groups -OCH3 is 1. The zero-order valence-corrected chi connectivity index (χ0v) is 16.3. The Morgan fingerprint density at radius 2 is 1.93 bits per heavy atom. The number of carbonyl (C=O) groups is 1. The van der Waals surface area contributed by atoms with Crippen molar-refractivity contribution in [2.24, 2.45) is 0 Å². The van der Waals surface area contributed by atoms with Gasteiger partial charge in [0.1, 0.15) is 11.6 Å². The Kier molecular flexibility index (Phi) is 5.56. The van der Waals surface area contributed by atoms with Gasteiger partial charge in [0.15, 0.2) is 0 Å². The van der Waals surface area contributed by atoms with Gasteiger partial charge in [-0.2, -0.15) is 0 Å². The van der Waals surface area contributed by atoms with Crippen molar-refractivity contribution in [2.75, 3.05) is 13.7 Å². The number of pyridine rings is 1. The summed E-state index contributed by atoms with van der Waals surface area (Å²) in [5.74, 6) is 0.386. The van der Waals surface area contributed by atoms with Crippen molar-refractivity contribution in [3.8, 4) is 17.0 Å². The van der Waals surface area contributed by atoms with Gasteiger partial charge in [-0.15, -0.1) is 0 Å². The van der Waals surface area contributed by atoms with E-state index in [-0.39, 0.29) is 17.8 Å². The average molecular weight is 390 g/mol. The molecule has 0 unspecified atom stereocenters. The molecular formula is C24H23FN2O2. The third-order valence-electron chi connectivity index (χ3n) is 5.39. The maximum Gasteiger partial charge on any atom is 0.254 e. The van der Waals surface area contributed by atoms with Crippen molar-refractivity contribution < 1.29 is 13.9 Å². The summed E-state index contributed by atoms with van der Waals surface area (Å²) in [6.07, 6.45) is 4.79. The summed E-state index contributed by atoms with van der Waals surface area (Å²) in [6.45, 7) is 0.693. The molecule has 148 valence electrons. The molecule has 1 amide bonds. The Morgan fingerprint density at radius 3 is 2.66 bits per heavy atom. The number of likely N-dealkylation sites (tertiary alicyclic amines) is 1. The van der Waals surface area contributed by atoms with Gasteiger partial charge >= 0.3 is 0 Å². The van der Waals surface area contributed by atoms with Crippen LogP contribution in [-0.2, 0) is 0 Å². The van der Waals surface area contributed by atoms with Gasteiger partial charge in [-0.3, -0.25) is 9.78 Å². The SMILES string of the molecule is COc1cccc(-c2ccc([C@@H]3CCCCN3C(=O)c3ccc(F)cc3)cn2)c1. The second kappa shape index (κ2) is 8.43. The molecule has 0 aliphatic carbocycles. The molecule has 2 aromatic carbocycles. The highest BCUT2D eigenvalue weighted by Gasteiger charge is 2.29. The molecule has 3 aromatic rings. The number of hydrogen-bond donors (Lipinski definition) is 0. The molecule has 0 radical (unpaired) electrons. The first-order valence-electron chi connectivity index (χ1n) is 9.82. The topological polar surface area (TPSA) is 42.4 Å². The zero-order chi connectivity index (χ0) is 20.2. The molecule has 0 spiro atoms. The monoisotopic (exact) mass is 390 g/mol. The van der Waals surface area contributed by atoms with Gasteiger partial charge in [0.2, 0.25) is 0 Å². The van der Waals surface area contributed by atoms with Crippen molar-refractivity contribution in [3.63, 3.8) is 0 Å². The summed E-state index contributed by atoms with van der Waals surface area (Å²) in [6, 6.07) is 17.6. The van der Waals surface area contributed by atoms with Crippen molar-refractivity contribution in [1.82, 2.24) is 9.88 Å². The minimum absolute atomic E-state index is 0.0202. The minimum atomic E-state index is -0.339. The van der Waals surface area contributed by atoms with E-state index in [0.29, 0.717) is 12.1 Å². The van der Waals surface area contributed by atoms with Gasteiger partial charge in [0, 0.05) is 23.9 Å². The lowest BCUT2D eigenvalue weighted by atomic mass is 9.95. The molecule has 4 rings (SSSR count). The van der Waals surface area contributed by atoms with Crippen molar-refractivity contribution >= 4 is 5.91 Å². The molecule has 0 bridgehead atoms. The Morgan fingerprint density at radius 1 is 1.10 bits per heavy atom. The number of piperidine rings is 1. The summed E-state index contributed by atoms with van der Waals surface area (Å²) >= 11 is 0. The van der Waals surface area contributed by atoms with Crippen LogP contribution in [0.4, 0.5) is 4.39 Å². The third-order valence-corrected chi connectivity index (χ3v) is 5.39. The summed E-state index contributed by atoms with van der Waals surface area (Å²) in [5, 5.41) is 0.